The number of hydrogen-bond acceptors (Lipinski definition) is 2. The van der Waals surface area contributed by atoms with Crippen LogP contribution in [0.15, 0.2) is 18.2 Å². The predicted octanol–water partition coefficient (Wildman–Crippen LogP) is 3.09. The summed E-state index contributed by atoms with van der Waals surface area (Å²) in [5.74, 6) is -0.854. The van der Waals surface area contributed by atoms with Crippen LogP contribution in [0.5, 0.6) is 0 Å². The third-order valence-electron chi connectivity index (χ3n) is 2.87. The van der Waals surface area contributed by atoms with Crippen molar-refractivity contribution in [3.05, 3.63) is 28.8 Å². The van der Waals surface area contributed by atoms with Crippen LogP contribution in [0.2, 0.25) is 5.02 Å². The molecule has 1 aliphatic carbocycles. The molecule has 0 heterocycles. The average Bonchev–Trinajstić information content (AvgIpc) is 3.16. The number of rotatable bonds is 4. The zero-order chi connectivity index (χ0) is 14.2. The second-order valence-corrected chi connectivity index (χ2v) is 4.80. The minimum absolute atomic E-state index is 0.0585. The zero-order valence-electron chi connectivity index (χ0n) is 9.82. The van der Waals surface area contributed by atoms with Crippen molar-refractivity contribution >= 4 is 23.2 Å². The van der Waals surface area contributed by atoms with E-state index in [0.29, 0.717) is 17.7 Å². The fourth-order valence-corrected chi connectivity index (χ4v) is 2.00. The molecule has 0 aromatic heterocycles. The van der Waals surface area contributed by atoms with Crippen molar-refractivity contribution in [3.8, 4) is 0 Å². The van der Waals surface area contributed by atoms with Gasteiger partial charge in [0.15, 0.2) is 0 Å². The number of alkyl halides is 3. The van der Waals surface area contributed by atoms with E-state index in [1.54, 1.807) is 0 Å². The quantitative estimate of drug-likeness (QED) is 0.685. The summed E-state index contributed by atoms with van der Waals surface area (Å²) in [6.45, 7) is 0. The SMILES string of the molecule is Nc1ccc(Cl)c(C(=O)N(C2CC2)C(F)C(F)F)c1. The second-order valence-electron chi connectivity index (χ2n) is 4.39. The summed E-state index contributed by atoms with van der Waals surface area (Å²) >= 11 is 5.83. The molecule has 0 bridgehead atoms. The molecule has 19 heavy (non-hydrogen) atoms. The number of carbonyl (C=O) groups is 1. The lowest BCUT2D eigenvalue weighted by atomic mass is 10.1. The van der Waals surface area contributed by atoms with Gasteiger partial charge in [-0.1, -0.05) is 11.6 Å². The van der Waals surface area contributed by atoms with E-state index in [9.17, 15) is 18.0 Å². The van der Waals surface area contributed by atoms with Crippen LogP contribution in [-0.2, 0) is 0 Å². The van der Waals surface area contributed by atoms with Gasteiger partial charge in [0.05, 0.1) is 10.6 Å². The van der Waals surface area contributed by atoms with Crippen LogP contribution in [-0.4, -0.2) is 29.6 Å². The molecule has 1 saturated carbocycles. The monoisotopic (exact) mass is 292 g/mol. The van der Waals surface area contributed by atoms with Gasteiger partial charge in [0.2, 0.25) is 6.30 Å². The third-order valence-corrected chi connectivity index (χ3v) is 3.20. The van der Waals surface area contributed by atoms with E-state index in [1.165, 1.54) is 18.2 Å². The van der Waals surface area contributed by atoms with E-state index >= 15 is 0 Å². The average molecular weight is 293 g/mol. The first kappa shape index (κ1) is 14.0. The lowest BCUT2D eigenvalue weighted by Gasteiger charge is -2.26. The topological polar surface area (TPSA) is 46.3 Å². The number of halogens is 4. The molecule has 0 aliphatic heterocycles. The van der Waals surface area contributed by atoms with Gasteiger partial charge in [0, 0.05) is 11.7 Å². The highest BCUT2D eigenvalue weighted by molar-refractivity contribution is 6.34. The molecule has 1 aromatic rings. The van der Waals surface area contributed by atoms with E-state index in [-0.39, 0.29) is 16.3 Å². The Balaban J connectivity index is 2.31. The molecule has 2 rings (SSSR count). The van der Waals surface area contributed by atoms with Gasteiger partial charge in [0.1, 0.15) is 0 Å². The van der Waals surface area contributed by atoms with Crippen LogP contribution in [0.1, 0.15) is 23.2 Å². The van der Waals surface area contributed by atoms with Gasteiger partial charge in [-0.25, -0.2) is 13.2 Å². The summed E-state index contributed by atoms with van der Waals surface area (Å²) in [4.78, 5) is 12.7. The van der Waals surface area contributed by atoms with Crippen molar-refractivity contribution in [3.63, 3.8) is 0 Å². The fourth-order valence-electron chi connectivity index (χ4n) is 1.80. The van der Waals surface area contributed by atoms with Crippen LogP contribution in [0.25, 0.3) is 0 Å². The van der Waals surface area contributed by atoms with Crippen molar-refractivity contribution < 1.29 is 18.0 Å². The second kappa shape index (κ2) is 5.28. The first-order valence-electron chi connectivity index (χ1n) is 5.71. The number of nitrogens with zero attached hydrogens (tertiary/aromatic N) is 1. The number of hydrogen-bond donors (Lipinski definition) is 1. The number of carbonyl (C=O) groups excluding carboxylic acids is 1. The van der Waals surface area contributed by atoms with Crippen LogP contribution in [0.4, 0.5) is 18.9 Å². The van der Waals surface area contributed by atoms with Crippen molar-refractivity contribution in [1.82, 2.24) is 4.90 Å². The maximum atomic E-state index is 13.5. The summed E-state index contributed by atoms with van der Waals surface area (Å²) in [6, 6.07) is 3.62. The maximum absolute atomic E-state index is 13.5. The Morgan fingerprint density at radius 1 is 1.37 bits per heavy atom. The predicted molar refractivity (Wildman–Crippen MR) is 66.0 cm³/mol. The normalized spacial score (nSPS) is 16.5. The Kier molecular flexibility index (Phi) is 3.89. The minimum atomic E-state index is -3.25. The van der Waals surface area contributed by atoms with Gasteiger partial charge < -0.3 is 10.6 Å². The Labute approximate surface area is 113 Å². The standard InChI is InChI=1S/C12H12ClF3N2O/c13-9-4-1-6(17)5-8(9)12(19)18(7-2-3-7)11(16)10(14)15/h1,4-5,7,10-11H,2-3,17H2. The number of anilines is 1. The smallest absolute Gasteiger partial charge is 0.287 e. The first-order chi connectivity index (χ1) is 8.91. The molecule has 3 nitrogen and oxygen atoms in total. The van der Waals surface area contributed by atoms with Gasteiger partial charge >= 0.3 is 0 Å². The highest BCUT2D eigenvalue weighted by Crippen LogP contribution is 2.33. The number of benzene rings is 1. The fraction of sp³-hybridized carbons (Fsp3) is 0.417. The van der Waals surface area contributed by atoms with Crippen LogP contribution >= 0.6 is 11.6 Å². The van der Waals surface area contributed by atoms with E-state index in [4.69, 9.17) is 17.3 Å². The molecule has 1 amide bonds. The van der Waals surface area contributed by atoms with Crippen molar-refractivity contribution in [2.45, 2.75) is 31.6 Å². The van der Waals surface area contributed by atoms with Crippen LogP contribution in [0, 0.1) is 0 Å². The first-order valence-corrected chi connectivity index (χ1v) is 6.09. The van der Waals surface area contributed by atoms with E-state index in [2.05, 4.69) is 0 Å². The molecule has 1 aromatic carbocycles. The number of nitrogen functional groups attached to an aromatic ring is 1. The summed E-state index contributed by atoms with van der Waals surface area (Å²) in [5, 5.41) is 0.0614. The Hall–Kier alpha value is -1.43. The molecule has 0 saturated heterocycles. The number of amides is 1. The maximum Gasteiger partial charge on any atom is 0.287 e. The Bertz CT molecular complexity index is 494. The minimum Gasteiger partial charge on any atom is -0.399 e. The lowest BCUT2D eigenvalue weighted by Crippen LogP contribution is -2.43. The van der Waals surface area contributed by atoms with Gasteiger partial charge in [-0.2, -0.15) is 0 Å². The van der Waals surface area contributed by atoms with Crippen molar-refractivity contribution in [1.29, 1.82) is 0 Å². The molecule has 1 aliphatic rings. The molecule has 0 radical (unpaired) electrons. The lowest BCUT2D eigenvalue weighted by molar-refractivity contribution is -0.0401. The Morgan fingerprint density at radius 3 is 2.53 bits per heavy atom. The third kappa shape index (κ3) is 2.94. The molecule has 2 N–H and O–H groups in total. The molecule has 1 fully saturated rings. The molecule has 7 heteroatoms. The molecule has 0 spiro atoms. The van der Waals surface area contributed by atoms with Crippen LogP contribution in [0.3, 0.4) is 0 Å². The summed E-state index contributed by atoms with van der Waals surface area (Å²) in [5.41, 5.74) is 5.72. The van der Waals surface area contributed by atoms with E-state index < -0.39 is 24.7 Å². The highest BCUT2D eigenvalue weighted by Gasteiger charge is 2.42. The zero-order valence-corrected chi connectivity index (χ0v) is 10.6. The van der Waals surface area contributed by atoms with E-state index in [0.717, 1.165) is 0 Å². The van der Waals surface area contributed by atoms with E-state index in [1.807, 2.05) is 0 Å². The van der Waals surface area contributed by atoms with Gasteiger partial charge in [0.25, 0.3) is 12.3 Å². The Morgan fingerprint density at radius 2 is 2.00 bits per heavy atom. The highest BCUT2D eigenvalue weighted by atomic mass is 35.5. The molecular weight excluding hydrogens is 281 g/mol. The van der Waals surface area contributed by atoms with Crippen molar-refractivity contribution in [2.75, 3.05) is 5.73 Å². The molecule has 1 atom stereocenters. The largest absolute Gasteiger partial charge is 0.399 e. The number of nitrogens with two attached hydrogens (primary N) is 1. The van der Waals surface area contributed by atoms with Gasteiger partial charge in [-0.05, 0) is 31.0 Å². The molecule has 1 unspecified atom stereocenters. The van der Waals surface area contributed by atoms with Gasteiger partial charge in [-0.15, -0.1) is 0 Å². The van der Waals surface area contributed by atoms with Gasteiger partial charge in [-0.3, -0.25) is 4.79 Å². The van der Waals surface area contributed by atoms with Crippen molar-refractivity contribution in [2.24, 2.45) is 0 Å². The summed E-state index contributed by atoms with van der Waals surface area (Å²) in [7, 11) is 0. The van der Waals surface area contributed by atoms with Crippen LogP contribution < -0.4 is 5.73 Å². The molecule has 104 valence electrons. The molecular formula is C12H12ClF3N2O. The summed E-state index contributed by atoms with van der Waals surface area (Å²) in [6.07, 6.45) is -4.85. The summed E-state index contributed by atoms with van der Waals surface area (Å²) < 4.78 is 38.5.